The Morgan fingerprint density at radius 1 is 1.29 bits per heavy atom. The monoisotopic (exact) mass is 333 g/mol. The molecule has 2 heterocycles. The van der Waals surface area contributed by atoms with E-state index in [0.29, 0.717) is 18.2 Å². The lowest BCUT2D eigenvalue weighted by atomic mass is 10.1. The molecule has 2 atom stereocenters. The summed E-state index contributed by atoms with van der Waals surface area (Å²) in [4.78, 5) is 12.6. The van der Waals surface area contributed by atoms with E-state index in [1.165, 1.54) is 16.7 Å². The molecule has 5 nitrogen and oxygen atoms in total. The Morgan fingerprint density at radius 3 is 2.67 bits per heavy atom. The molecule has 1 aliphatic carbocycles. The summed E-state index contributed by atoms with van der Waals surface area (Å²) in [7, 11) is 0. The standard InChI is InChI=1S/C16H10F3N3O2/c17-16(18,19)12-6-11(4-2-9(12)7-20)22-14(23)13-8-1-3-10(5-8)21(13)15(22)24/h1-4,6,8,10,23H,5H2. The van der Waals surface area contributed by atoms with Crippen LogP contribution in [0.15, 0.2) is 35.1 Å². The molecule has 0 fully saturated rings. The van der Waals surface area contributed by atoms with Gasteiger partial charge >= 0.3 is 11.9 Å². The van der Waals surface area contributed by atoms with E-state index in [2.05, 4.69) is 0 Å². The number of hydrogen-bond acceptors (Lipinski definition) is 3. The van der Waals surface area contributed by atoms with Gasteiger partial charge in [-0.3, -0.25) is 4.57 Å². The van der Waals surface area contributed by atoms with Gasteiger partial charge in [-0.25, -0.2) is 9.36 Å². The first-order chi connectivity index (χ1) is 11.3. The fourth-order valence-corrected chi connectivity index (χ4v) is 3.50. The number of nitrogens with zero attached hydrogens (tertiary/aromatic N) is 3. The molecule has 122 valence electrons. The minimum atomic E-state index is -4.73. The number of halogens is 3. The van der Waals surface area contributed by atoms with Gasteiger partial charge in [0, 0.05) is 5.92 Å². The topological polar surface area (TPSA) is 71.0 Å². The molecular weight excluding hydrogens is 323 g/mol. The van der Waals surface area contributed by atoms with Gasteiger partial charge in [0.2, 0.25) is 5.88 Å². The maximum atomic E-state index is 13.1. The van der Waals surface area contributed by atoms with Crippen LogP contribution in [0.25, 0.3) is 5.69 Å². The molecule has 8 heteroatoms. The van der Waals surface area contributed by atoms with Crippen LogP contribution in [0.2, 0.25) is 0 Å². The van der Waals surface area contributed by atoms with Crippen LogP contribution < -0.4 is 5.69 Å². The quantitative estimate of drug-likeness (QED) is 0.816. The number of aromatic nitrogens is 2. The van der Waals surface area contributed by atoms with Gasteiger partial charge < -0.3 is 5.11 Å². The number of hydrogen-bond donors (Lipinski definition) is 1. The highest BCUT2D eigenvalue weighted by atomic mass is 19.4. The fraction of sp³-hybridized carbons (Fsp3) is 0.250. The van der Waals surface area contributed by atoms with E-state index in [9.17, 15) is 23.1 Å². The van der Waals surface area contributed by atoms with Crippen LogP contribution in [0.5, 0.6) is 5.88 Å². The van der Waals surface area contributed by atoms with Gasteiger partial charge in [-0.05, 0) is 24.6 Å². The van der Waals surface area contributed by atoms with E-state index in [0.717, 1.165) is 10.6 Å². The molecule has 2 aliphatic rings. The smallest absolute Gasteiger partial charge is 0.417 e. The summed E-state index contributed by atoms with van der Waals surface area (Å²) in [6.07, 6.45) is -0.324. The average Bonchev–Trinajstić information content (AvgIpc) is 3.20. The molecule has 0 saturated heterocycles. The summed E-state index contributed by atoms with van der Waals surface area (Å²) < 4.78 is 41.6. The number of fused-ring (bicyclic) bond motifs is 5. The van der Waals surface area contributed by atoms with Crippen LogP contribution in [0, 0.1) is 11.3 Å². The van der Waals surface area contributed by atoms with E-state index in [1.807, 2.05) is 12.2 Å². The molecule has 0 saturated carbocycles. The minimum absolute atomic E-state index is 0.107. The lowest BCUT2D eigenvalue weighted by molar-refractivity contribution is -0.137. The fourth-order valence-electron chi connectivity index (χ4n) is 3.50. The van der Waals surface area contributed by atoms with Gasteiger partial charge in [0.05, 0.1) is 34.6 Å². The number of benzene rings is 1. The van der Waals surface area contributed by atoms with E-state index in [4.69, 9.17) is 5.26 Å². The maximum absolute atomic E-state index is 13.1. The molecule has 1 N–H and O–H groups in total. The molecule has 4 rings (SSSR count). The highest BCUT2D eigenvalue weighted by Crippen LogP contribution is 2.46. The van der Waals surface area contributed by atoms with Gasteiger partial charge in [0.15, 0.2) is 0 Å². The molecule has 1 aromatic carbocycles. The number of allylic oxidation sites excluding steroid dienone is 2. The molecule has 2 bridgehead atoms. The second-order valence-electron chi connectivity index (χ2n) is 5.83. The van der Waals surface area contributed by atoms with E-state index < -0.39 is 23.0 Å². The third-order valence-corrected chi connectivity index (χ3v) is 4.53. The average molecular weight is 333 g/mol. The first kappa shape index (κ1) is 14.6. The number of aromatic hydroxyl groups is 1. The number of rotatable bonds is 1. The number of alkyl halides is 3. The summed E-state index contributed by atoms with van der Waals surface area (Å²) in [6.45, 7) is 0. The van der Waals surface area contributed by atoms with Crippen LogP contribution in [-0.2, 0) is 6.18 Å². The molecule has 2 unspecified atom stereocenters. The first-order valence-electron chi connectivity index (χ1n) is 7.19. The molecule has 1 aromatic heterocycles. The van der Waals surface area contributed by atoms with E-state index in [-0.39, 0.29) is 23.5 Å². The van der Waals surface area contributed by atoms with E-state index >= 15 is 0 Å². The van der Waals surface area contributed by atoms with Crippen LogP contribution in [0.1, 0.15) is 35.2 Å². The Bertz CT molecular complexity index is 992. The van der Waals surface area contributed by atoms with Crippen molar-refractivity contribution in [3.8, 4) is 17.6 Å². The molecule has 0 radical (unpaired) electrons. The molecule has 2 aromatic rings. The van der Waals surface area contributed by atoms with Crippen molar-refractivity contribution >= 4 is 0 Å². The van der Waals surface area contributed by atoms with Crippen molar-refractivity contribution < 1.29 is 18.3 Å². The Labute approximate surface area is 133 Å². The lowest BCUT2D eigenvalue weighted by Gasteiger charge is -2.12. The van der Waals surface area contributed by atoms with Crippen molar-refractivity contribution in [3.63, 3.8) is 0 Å². The summed E-state index contributed by atoms with van der Waals surface area (Å²) in [5, 5.41) is 19.2. The summed E-state index contributed by atoms with van der Waals surface area (Å²) in [6, 6.07) is 4.25. The van der Waals surface area contributed by atoms with Gasteiger partial charge in [0.1, 0.15) is 0 Å². The molecular formula is C16H10F3N3O2. The van der Waals surface area contributed by atoms with Gasteiger partial charge in [-0.2, -0.15) is 18.4 Å². The van der Waals surface area contributed by atoms with Gasteiger partial charge in [-0.15, -0.1) is 0 Å². The summed E-state index contributed by atoms with van der Waals surface area (Å²) in [5.74, 6) is -0.459. The van der Waals surface area contributed by atoms with Crippen molar-refractivity contribution in [3.05, 3.63) is 57.7 Å². The maximum Gasteiger partial charge on any atom is 0.417 e. The predicted octanol–water partition coefficient (Wildman–Crippen LogP) is 2.83. The normalized spacial score (nSPS) is 21.1. The Balaban J connectivity index is 1.94. The SMILES string of the molecule is N#Cc1ccc(-n2c(O)c3n(c2=O)C2C=CC3C2)cc1C(F)(F)F. The van der Waals surface area contributed by atoms with Gasteiger partial charge in [-0.1, -0.05) is 12.2 Å². The van der Waals surface area contributed by atoms with Crippen molar-refractivity contribution in [2.45, 2.75) is 24.6 Å². The third kappa shape index (κ3) is 1.78. The van der Waals surface area contributed by atoms with Crippen LogP contribution in [0.3, 0.4) is 0 Å². The highest BCUT2D eigenvalue weighted by molar-refractivity contribution is 5.50. The predicted molar refractivity (Wildman–Crippen MR) is 76.9 cm³/mol. The van der Waals surface area contributed by atoms with Crippen LogP contribution in [0.4, 0.5) is 13.2 Å². The molecule has 24 heavy (non-hydrogen) atoms. The Kier molecular flexibility index (Phi) is 2.77. The number of imidazole rings is 1. The Morgan fingerprint density at radius 2 is 2.04 bits per heavy atom. The summed E-state index contributed by atoms with van der Waals surface area (Å²) >= 11 is 0. The largest absolute Gasteiger partial charge is 0.493 e. The Hall–Kier alpha value is -2.95. The summed E-state index contributed by atoms with van der Waals surface area (Å²) in [5.41, 5.74) is -1.96. The second kappa shape index (κ2) is 4.54. The van der Waals surface area contributed by atoms with Crippen LogP contribution in [-0.4, -0.2) is 14.2 Å². The van der Waals surface area contributed by atoms with E-state index in [1.54, 1.807) is 0 Å². The number of nitriles is 1. The van der Waals surface area contributed by atoms with Crippen molar-refractivity contribution in [2.24, 2.45) is 0 Å². The van der Waals surface area contributed by atoms with Crippen molar-refractivity contribution in [2.75, 3.05) is 0 Å². The zero-order valence-corrected chi connectivity index (χ0v) is 12.1. The third-order valence-electron chi connectivity index (χ3n) is 4.53. The first-order valence-corrected chi connectivity index (χ1v) is 7.19. The molecule has 0 amide bonds. The minimum Gasteiger partial charge on any atom is -0.493 e. The zero-order valence-electron chi connectivity index (χ0n) is 12.1. The van der Waals surface area contributed by atoms with Crippen molar-refractivity contribution in [1.82, 2.24) is 9.13 Å². The molecule has 0 spiro atoms. The second-order valence-corrected chi connectivity index (χ2v) is 5.83. The molecule has 1 aliphatic heterocycles. The highest BCUT2D eigenvalue weighted by Gasteiger charge is 2.40. The lowest BCUT2D eigenvalue weighted by Crippen LogP contribution is -2.25. The van der Waals surface area contributed by atoms with Crippen molar-refractivity contribution in [1.29, 1.82) is 5.26 Å². The van der Waals surface area contributed by atoms with Crippen LogP contribution >= 0.6 is 0 Å². The van der Waals surface area contributed by atoms with Gasteiger partial charge in [0.25, 0.3) is 0 Å². The zero-order chi connectivity index (χ0) is 17.2.